The number of nitriles is 1. The number of nitrogens with zero attached hydrogens (tertiary/aromatic N) is 2. The second-order valence-corrected chi connectivity index (χ2v) is 8.78. The van der Waals surface area contributed by atoms with Crippen LogP contribution in [0.5, 0.6) is 17.2 Å². The third-order valence-electron chi connectivity index (χ3n) is 5.15. The summed E-state index contributed by atoms with van der Waals surface area (Å²) in [5.41, 5.74) is 5.19. The van der Waals surface area contributed by atoms with Crippen molar-refractivity contribution < 1.29 is 23.8 Å². The van der Waals surface area contributed by atoms with Crippen molar-refractivity contribution in [3.05, 3.63) is 81.8 Å². The van der Waals surface area contributed by atoms with E-state index in [2.05, 4.69) is 37.8 Å². The van der Waals surface area contributed by atoms with Crippen LogP contribution in [0.15, 0.2) is 70.2 Å². The molecule has 0 aliphatic heterocycles. The Hall–Kier alpha value is -4.36. The van der Waals surface area contributed by atoms with Crippen molar-refractivity contribution in [2.45, 2.75) is 26.4 Å². The van der Waals surface area contributed by atoms with Crippen molar-refractivity contribution in [3.8, 4) is 23.3 Å². The minimum Gasteiger partial charge on any atom is -0.494 e. The summed E-state index contributed by atoms with van der Waals surface area (Å²) in [6, 6.07) is 19.7. The van der Waals surface area contributed by atoms with Gasteiger partial charge in [0, 0.05) is 18.5 Å². The van der Waals surface area contributed by atoms with E-state index in [1.165, 1.54) is 13.3 Å². The molecule has 10 heteroatoms. The van der Waals surface area contributed by atoms with Crippen LogP contribution in [0.1, 0.15) is 36.5 Å². The number of nitrogens with one attached hydrogen (secondary N) is 2. The van der Waals surface area contributed by atoms with Gasteiger partial charge in [-0.15, -0.1) is 0 Å². The topological polar surface area (TPSA) is 122 Å². The van der Waals surface area contributed by atoms with Gasteiger partial charge < -0.3 is 19.5 Å². The molecule has 3 aromatic rings. The predicted octanol–water partition coefficient (Wildman–Crippen LogP) is 5.18. The summed E-state index contributed by atoms with van der Waals surface area (Å²) in [6.07, 6.45) is 1.46. The van der Waals surface area contributed by atoms with Crippen LogP contribution in [0.3, 0.4) is 0 Å². The van der Waals surface area contributed by atoms with Crippen LogP contribution in [-0.2, 0) is 16.2 Å². The highest BCUT2D eigenvalue weighted by molar-refractivity contribution is 9.10. The normalized spacial score (nSPS) is 10.5. The van der Waals surface area contributed by atoms with Crippen molar-refractivity contribution >= 4 is 39.6 Å². The number of amides is 2. The van der Waals surface area contributed by atoms with Crippen LogP contribution < -0.4 is 25.0 Å². The molecule has 0 aromatic heterocycles. The van der Waals surface area contributed by atoms with Crippen LogP contribution in [0.25, 0.3) is 0 Å². The fourth-order valence-electron chi connectivity index (χ4n) is 3.27. The standard InChI is InChI=1S/C28H27BrN4O5/c1-3-37-23-10-8-22(9-11-23)32-26(34)12-13-27(35)33-31-17-21-14-24(29)28(25(15-21)36-2)38-18-20-6-4-19(16-30)5-7-20/h4-11,14-15,17H,3,12-13,18H2,1-2H3,(H,32,34)(H,33,35). The van der Waals surface area contributed by atoms with E-state index < -0.39 is 5.91 Å². The molecule has 0 radical (unpaired) electrons. The van der Waals surface area contributed by atoms with Crippen molar-refractivity contribution in [1.29, 1.82) is 5.26 Å². The van der Waals surface area contributed by atoms with Crippen molar-refractivity contribution in [2.24, 2.45) is 5.10 Å². The van der Waals surface area contributed by atoms with Gasteiger partial charge in [-0.3, -0.25) is 9.59 Å². The third kappa shape index (κ3) is 8.64. The Morgan fingerprint density at radius 2 is 1.74 bits per heavy atom. The quantitative estimate of drug-likeness (QED) is 0.225. The number of hydrogen-bond donors (Lipinski definition) is 2. The number of methoxy groups -OCH3 is 1. The first-order valence-electron chi connectivity index (χ1n) is 11.8. The van der Waals surface area contributed by atoms with Gasteiger partial charge in [-0.1, -0.05) is 12.1 Å². The zero-order chi connectivity index (χ0) is 27.3. The lowest BCUT2D eigenvalue weighted by Gasteiger charge is -2.13. The van der Waals surface area contributed by atoms with E-state index in [0.29, 0.717) is 39.4 Å². The largest absolute Gasteiger partial charge is 0.494 e. The number of hydrazone groups is 1. The Bertz CT molecular complexity index is 1320. The van der Waals surface area contributed by atoms with Gasteiger partial charge in [-0.2, -0.15) is 10.4 Å². The molecule has 0 saturated heterocycles. The molecule has 3 rings (SSSR count). The zero-order valence-corrected chi connectivity index (χ0v) is 22.6. The monoisotopic (exact) mass is 578 g/mol. The van der Waals surface area contributed by atoms with E-state index in [0.717, 1.165) is 11.3 Å². The minimum atomic E-state index is -0.392. The molecule has 0 heterocycles. The molecular weight excluding hydrogens is 552 g/mol. The lowest BCUT2D eigenvalue weighted by molar-refractivity contribution is -0.124. The summed E-state index contributed by atoms with van der Waals surface area (Å²) in [6.45, 7) is 2.75. The molecule has 38 heavy (non-hydrogen) atoms. The van der Waals surface area contributed by atoms with Gasteiger partial charge in [0.2, 0.25) is 11.8 Å². The smallest absolute Gasteiger partial charge is 0.240 e. The Labute approximate surface area is 229 Å². The lowest BCUT2D eigenvalue weighted by atomic mass is 10.1. The second-order valence-electron chi connectivity index (χ2n) is 7.93. The molecule has 0 unspecified atom stereocenters. The molecule has 2 amide bonds. The molecule has 196 valence electrons. The van der Waals surface area contributed by atoms with E-state index in [1.807, 2.05) is 19.1 Å². The first-order valence-corrected chi connectivity index (χ1v) is 12.5. The average Bonchev–Trinajstić information content (AvgIpc) is 2.92. The van der Waals surface area contributed by atoms with E-state index in [4.69, 9.17) is 19.5 Å². The van der Waals surface area contributed by atoms with Gasteiger partial charge in [0.1, 0.15) is 12.4 Å². The minimum absolute atomic E-state index is 0.0131. The van der Waals surface area contributed by atoms with Crippen LogP contribution in [0, 0.1) is 11.3 Å². The van der Waals surface area contributed by atoms with E-state index in [9.17, 15) is 9.59 Å². The van der Waals surface area contributed by atoms with Crippen molar-refractivity contribution in [2.75, 3.05) is 19.0 Å². The van der Waals surface area contributed by atoms with Gasteiger partial charge in [-0.25, -0.2) is 5.43 Å². The molecule has 0 saturated carbocycles. The number of anilines is 1. The van der Waals surface area contributed by atoms with Crippen molar-refractivity contribution in [1.82, 2.24) is 5.43 Å². The third-order valence-corrected chi connectivity index (χ3v) is 5.74. The highest BCUT2D eigenvalue weighted by Gasteiger charge is 2.12. The van der Waals surface area contributed by atoms with E-state index >= 15 is 0 Å². The molecule has 0 bridgehead atoms. The molecule has 0 fully saturated rings. The predicted molar refractivity (Wildman–Crippen MR) is 147 cm³/mol. The fraction of sp³-hybridized carbons (Fsp3) is 0.214. The highest BCUT2D eigenvalue weighted by atomic mass is 79.9. The molecule has 0 spiro atoms. The summed E-state index contributed by atoms with van der Waals surface area (Å²) in [5, 5.41) is 15.6. The first kappa shape index (κ1) is 28.2. The molecule has 2 N–H and O–H groups in total. The maximum atomic E-state index is 12.1. The Balaban J connectivity index is 1.48. The molecule has 0 aliphatic carbocycles. The fourth-order valence-corrected chi connectivity index (χ4v) is 3.85. The maximum Gasteiger partial charge on any atom is 0.240 e. The van der Waals surface area contributed by atoms with Crippen LogP contribution >= 0.6 is 15.9 Å². The summed E-state index contributed by atoms with van der Waals surface area (Å²) in [4.78, 5) is 24.2. The number of rotatable bonds is 12. The number of benzene rings is 3. The Morgan fingerprint density at radius 1 is 1.03 bits per heavy atom. The Morgan fingerprint density at radius 3 is 2.39 bits per heavy atom. The molecule has 9 nitrogen and oxygen atoms in total. The van der Waals surface area contributed by atoms with Gasteiger partial charge in [0.25, 0.3) is 0 Å². The Kier molecular flexibility index (Phi) is 10.7. The molecular formula is C28H27BrN4O5. The van der Waals surface area contributed by atoms with Gasteiger partial charge in [-0.05, 0) is 82.5 Å². The van der Waals surface area contributed by atoms with Crippen LogP contribution in [-0.4, -0.2) is 31.7 Å². The van der Waals surface area contributed by atoms with Crippen LogP contribution in [0.2, 0.25) is 0 Å². The molecule has 0 atom stereocenters. The van der Waals surface area contributed by atoms with Gasteiger partial charge in [0.05, 0.1) is 36.0 Å². The first-order chi connectivity index (χ1) is 18.4. The number of carbonyl (C=O) groups excluding carboxylic acids is 2. The molecule has 3 aromatic carbocycles. The van der Waals surface area contributed by atoms with E-state index in [-0.39, 0.29) is 25.4 Å². The number of halogens is 1. The van der Waals surface area contributed by atoms with E-state index in [1.54, 1.807) is 48.5 Å². The summed E-state index contributed by atoms with van der Waals surface area (Å²) < 4.78 is 17.4. The lowest BCUT2D eigenvalue weighted by Crippen LogP contribution is -2.20. The SMILES string of the molecule is CCOc1ccc(NC(=O)CCC(=O)NN=Cc2cc(Br)c(OCc3ccc(C#N)cc3)c(OC)c2)cc1. The maximum absolute atomic E-state index is 12.1. The highest BCUT2D eigenvalue weighted by Crippen LogP contribution is 2.36. The summed E-state index contributed by atoms with van der Waals surface area (Å²) in [7, 11) is 1.53. The number of hydrogen-bond acceptors (Lipinski definition) is 7. The summed E-state index contributed by atoms with van der Waals surface area (Å²) >= 11 is 3.49. The zero-order valence-electron chi connectivity index (χ0n) is 21.0. The number of ether oxygens (including phenoxy) is 3. The second kappa shape index (κ2) is 14.4. The average molecular weight is 579 g/mol. The van der Waals surface area contributed by atoms with Gasteiger partial charge >= 0.3 is 0 Å². The summed E-state index contributed by atoms with van der Waals surface area (Å²) in [5.74, 6) is 1.04. The number of carbonyl (C=O) groups is 2. The van der Waals surface area contributed by atoms with Crippen LogP contribution in [0.4, 0.5) is 5.69 Å². The van der Waals surface area contributed by atoms with Crippen molar-refractivity contribution in [3.63, 3.8) is 0 Å². The molecule has 0 aliphatic rings. The van der Waals surface area contributed by atoms with Gasteiger partial charge in [0.15, 0.2) is 11.5 Å².